The molecule has 3 N–H and O–H groups in total. The van der Waals surface area contributed by atoms with E-state index in [4.69, 9.17) is 10.8 Å². The number of carbonyl (C=O) groups is 2. The van der Waals surface area contributed by atoms with E-state index in [1.165, 1.54) is 0 Å². The molecule has 1 unspecified atom stereocenters. The van der Waals surface area contributed by atoms with E-state index in [1.54, 1.807) is 0 Å². The van der Waals surface area contributed by atoms with Crippen molar-refractivity contribution >= 4 is 11.9 Å². The molecule has 6 nitrogen and oxygen atoms in total. The van der Waals surface area contributed by atoms with Crippen molar-refractivity contribution in [2.24, 2.45) is 11.7 Å². The lowest BCUT2D eigenvalue weighted by Gasteiger charge is -2.34. The van der Waals surface area contributed by atoms with Crippen LogP contribution in [0.4, 0.5) is 0 Å². The molecule has 1 fully saturated rings. The van der Waals surface area contributed by atoms with E-state index in [2.05, 4.69) is 6.92 Å². The molecule has 1 atom stereocenters. The predicted molar refractivity (Wildman–Crippen MR) is 77.3 cm³/mol. The summed E-state index contributed by atoms with van der Waals surface area (Å²) in [5.74, 6) is -0.0787. The summed E-state index contributed by atoms with van der Waals surface area (Å²) in [5, 5.41) is 8.73. The highest BCUT2D eigenvalue weighted by atomic mass is 16.4. The second kappa shape index (κ2) is 8.92. The lowest BCUT2D eigenvalue weighted by atomic mass is 9.96. The van der Waals surface area contributed by atoms with Gasteiger partial charge in [-0.05, 0) is 25.3 Å². The van der Waals surface area contributed by atoms with E-state index in [-0.39, 0.29) is 12.5 Å². The van der Waals surface area contributed by atoms with Crippen molar-refractivity contribution in [3.8, 4) is 0 Å². The monoisotopic (exact) mass is 285 g/mol. The van der Waals surface area contributed by atoms with E-state index in [9.17, 15) is 9.59 Å². The van der Waals surface area contributed by atoms with Gasteiger partial charge in [0.15, 0.2) is 0 Å². The minimum atomic E-state index is -0.808. The molecule has 0 aromatic heterocycles. The zero-order valence-electron chi connectivity index (χ0n) is 12.4. The second-order valence-corrected chi connectivity index (χ2v) is 5.44. The lowest BCUT2D eigenvalue weighted by Crippen LogP contribution is -2.49. The molecule has 0 bridgehead atoms. The summed E-state index contributed by atoms with van der Waals surface area (Å²) in [6, 6.07) is 0. The van der Waals surface area contributed by atoms with Gasteiger partial charge in [-0.3, -0.25) is 14.5 Å². The van der Waals surface area contributed by atoms with Gasteiger partial charge in [-0.1, -0.05) is 13.3 Å². The van der Waals surface area contributed by atoms with Crippen molar-refractivity contribution in [1.29, 1.82) is 0 Å². The molecule has 1 heterocycles. The van der Waals surface area contributed by atoms with Crippen LogP contribution in [0, 0.1) is 5.92 Å². The summed E-state index contributed by atoms with van der Waals surface area (Å²) < 4.78 is 0. The van der Waals surface area contributed by atoms with Crippen LogP contribution >= 0.6 is 0 Å². The molecule has 0 aliphatic carbocycles. The Balaban J connectivity index is 2.26. The maximum Gasteiger partial charge on any atom is 0.317 e. The molecule has 116 valence electrons. The number of aliphatic carboxylic acids is 1. The highest BCUT2D eigenvalue weighted by Gasteiger charge is 2.22. The Morgan fingerprint density at radius 1 is 1.20 bits per heavy atom. The van der Waals surface area contributed by atoms with Crippen LogP contribution in [0.15, 0.2) is 0 Å². The van der Waals surface area contributed by atoms with E-state index in [0.717, 1.165) is 19.3 Å². The van der Waals surface area contributed by atoms with Crippen LogP contribution in [0.2, 0.25) is 0 Å². The van der Waals surface area contributed by atoms with E-state index in [1.807, 2.05) is 9.80 Å². The third-order valence-corrected chi connectivity index (χ3v) is 4.00. The smallest absolute Gasteiger partial charge is 0.317 e. The lowest BCUT2D eigenvalue weighted by molar-refractivity contribution is -0.139. The third-order valence-electron chi connectivity index (χ3n) is 4.00. The quantitative estimate of drug-likeness (QED) is 0.673. The highest BCUT2D eigenvalue weighted by molar-refractivity contribution is 5.76. The first-order valence-corrected chi connectivity index (χ1v) is 7.48. The number of amides is 1. The first-order chi connectivity index (χ1) is 9.56. The number of carboxylic acids is 1. The molecule has 1 rings (SSSR count). The maximum atomic E-state index is 12.1. The Labute approximate surface area is 120 Å². The molecule has 0 radical (unpaired) electrons. The summed E-state index contributed by atoms with van der Waals surface area (Å²) in [4.78, 5) is 26.5. The fourth-order valence-electron chi connectivity index (χ4n) is 2.62. The number of rotatable bonds is 8. The van der Waals surface area contributed by atoms with Gasteiger partial charge >= 0.3 is 5.97 Å². The topological polar surface area (TPSA) is 86.9 Å². The molecule has 1 saturated heterocycles. The highest BCUT2D eigenvalue weighted by Crippen LogP contribution is 2.16. The number of carbonyl (C=O) groups excluding carboxylic acids is 1. The minimum Gasteiger partial charge on any atom is -0.480 e. The Kier molecular flexibility index (Phi) is 7.54. The summed E-state index contributed by atoms with van der Waals surface area (Å²) in [5.41, 5.74) is 5.56. The Hall–Kier alpha value is -1.14. The number of hydrogen-bond acceptors (Lipinski definition) is 4. The predicted octanol–water partition coefficient (Wildman–Crippen LogP) is 0.370. The van der Waals surface area contributed by atoms with Crippen LogP contribution in [0.25, 0.3) is 0 Å². The molecule has 20 heavy (non-hydrogen) atoms. The van der Waals surface area contributed by atoms with E-state index < -0.39 is 5.97 Å². The second-order valence-electron chi connectivity index (χ2n) is 5.44. The average molecular weight is 285 g/mol. The number of nitrogens with zero attached hydrogens (tertiary/aromatic N) is 2. The zero-order valence-corrected chi connectivity index (χ0v) is 12.4. The minimum absolute atomic E-state index is 0.0659. The van der Waals surface area contributed by atoms with Gasteiger partial charge in [0.25, 0.3) is 0 Å². The maximum absolute atomic E-state index is 12.1. The van der Waals surface area contributed by atoms with Crippen molar-refractivity contribution in [3.05, 3.63) is 0 Å². The molecule has 6 heteroatoms. The first kappa shape index (κ1) is 16.9. The van der Waals surface area contributed by atoms with Gasteiger partial charge in [0.05, 0.1) is 6.54 Å². The van der Waals surface area contributed by atoms with Crippen LogP contribution in [0.3, 0.4) is 0 Å². The van der Waals surface area contributed by atoms with Crippen LogP contribution in [-0.2, 0) is 9.59 Å². The van der Waals surface area contributed by atoms with Crippen LogP contribution in [0.1, 0.15) is 32.6 Å². The zero-order chi connectivity index (χ0) is 15.0. The van der Waals surface area contributed by atoms with Gasteiger partial charge in [-0.2, -0.15) is 0 Å². The summed E-state index contributed by atoms with van der Waals surface area (Å²) in [7, 11) is 0. The Morgan fingerprint density at radius 2 is 1.85 bits per heavy atom. The number of nitrogens with two attached hydrogens (primary N) is 1. The van der Waals surface area contributed by atoms with Crippen molar-refractivity contribution < 1.29 is 14.7 Å². The molecule has 1 aliphatic rings. The van der Waals surface area contributed by atoms with Gasteiger partial charge in [0.1, 0.15) is 0 Å². The van der Waals surface area contributed by atoms with Gasteiger partial charge in [0, 0.05) is 32.6 Å². The third kappa shape index (κ3) is 5.88. The van der Waals surface area contributed by atoms with Crippen molar-refractivity contribution in [1.82, 2.24) is 9.80 Å². The van der Waals surface area contributed by atoms with Crippen molar-refractivity contribution in [2.75, 3.05) is 39.3 Å². The molecule has 1 aliphatic heterocycles. The van der Waals surface area contributed by atoms with Crippen molar-refractivity contribution in [2.45, 2.75) is 32.6 Å². The van der Waals surface area contributed by atoms with Crippen LogP contribution in [0.5, 0.6) is 0 Å². The molecule has 0 aromatic carbocycles. The summed E-state index contributed by atoms with van der Waals surface area (Å²) in [6.07, 6.45) is 3.53. The molecular weight excluding hydrogens is 258 g/mol. The van der Waals surface area contributed by atoms with Gasteiger partial charge in [-0.15, -0.1) is 0 Å². The fourth-order valence-corrected chi connectivity index (χ4v) is 2.62. The molecule has 0 spiro atoms. The average Bonchev–Trinajstić information content (AvgIpc) is 2.43. The van der Waals surface area contributed by atoms with Crippen LogP contribution in [-0.4, -0.2) is 66.1 Å². The van der Waals surface area contributed by atoms with Crippen molar-refractivity contribution in [3.63, 3.8) is 0 Å². The Morgan fingerprint density at radius 3 is 2.35 bits per heavy atom. The standard InChI is InChI=1S/C14H27N3O3/c1-2-12(5-6-15)3-4-13(18)17-9-7-16(8-10-17)11-14(19)20/h12H,2-11,15H2,1H3,(H,19,20). The number of hydrogen-bond donors (Lipinski definition) is 2. The van der Waals surface area contributed by atoms with Gasteiger partial charge in [0.2, 0.25) is 5.91 Å². The normalized spacial score (nSPS) is 18.0. The molecule has 1 amide bonds. The summed E-state index contributed by atoms with van der Waals surface area (Å²) >= 11 is 0. The van der Waals surface area contributed by atoms with E-state index in [0.29, 0.717) is 45.1 Å². The van der Waals surface area contributed by atoms with Crippen LogP contribution < -0.4 is 5.73 Å². The number of piperazine rings is 1. The van der Waals surface area contributed by atoms with E-state index >= 15 is 0 Å². The molecule has 0 saturated carbocycles. The first-order valence-electron chi connectivity index (χ1n) is 7.48. The SMILES string of the molecule is CCC(CCN)CCC(=O)N1CCN(CC(=O)O)CC1. The van der Waals surface area contributed by atoms with Gasteiger partial charge < -0.3 is 15.7 Å². The van der Waals surface area contributed by atoms with Gasteiger partial charge in [-0.25, -0.2) is 0 Å². The molecule has 0 aromatic rings. The largest absolute Gasteiger partial charge is 0.480 e. The molecular formula is C14H27N3O3. The summed E-state index contributed by atoms with van der Waals surface area (Å²) in [6.45, 7) is 5.46. The Bertz CT molecular complexity index is 315. The fraction of sp³-hybridized carbons (Fsp3) is 0.857. The number of carboxylic acid groups (broad SMARTS) is 1.